The summed E-state index contributed by atoms with van der Waals surface area (Å²) in [6.07, 6.45) is 2.82. The lowest BCUT2D eigenvalue weighted by Crippen LogP contribution is -2.38. The van der Waals surface area contributed by atoms with Crippen LogP contribution in [0.1, 0.15) is 67.2 Å². The van der Waals surface area contributed by atoms with Crippen molar-refractivity contribution >= 4 is 13.2 Å². The van der Waals surface area contributed by atoms with Crippen molar-refractivity contribution in [2.45, 2.75) is 77.5 Å². The van der Waals surface area contributed by atoms with Gasteiger partial charge in [0.15, 0.2) is 23.3 Å². The van der Waals surface area contributed by atoms with Crippen molar-refractivity contribution in [2.75, 3.05) is 0 Å². The van der Waals surface area contributed by atoms with Gasteiger partial charge in [-0.3, -0.25) is 0 Å². The molecule has 0 heterocycles. The number of hydrogen-bond acceptors (Lipinski definition) is 0. The fraction of sp³-hybridized carbons (Fsp3) is 0.667. The van der Waals surface area contributed by atoms with E-state index in [1.165, 1.54) is 0 Å². The largest absolute Gasteiger partial charge is 0.203 e. The topological polar surface area (TPSA) is 0 Å². The number of benzene rings is 1. The van der Waals surface area contributed by atoms with Crippen molar-refractivity contribution in [1.82, 2.24) is 0 Å². The minimum Gasteiger partial charge on any atom is -0.203 e. The molecule has 0 N–H and O–H groups in total. The van der Waals surface area contributed by atoms with Crippen LogP contribution in [0.3, 0.4) is 0 Å². The standard InChI is InChI=1S/C18H26F5P/c1-7-9-17(3,4)24(18(5,6)10-8-2)16-14(22)12(20)11(19)13(21)15(16)23/h7-10H2,1-6H3. The number of rotatable bonds is 7. The highest BCUT2D eigenvalue weighted by Gasteiger charge is 2.45. The highest BCUT2D eigenvalue weighted by Crippen LogP contribution is 2.62. The fourth-order valence-electron chi connectivity index (χ4n) is 3.66. The van der Waals surface area contributed by atoms with Crippen LogP contribution in [0.5, 0.6) is 0 Å². The first-order valence-electron chi connectivity index (χ1n) is 8.24. The molecule has 0 spiro atoms. The van der Waals surface area contributed by atoms with Crippen LogP contribution >= 0.6 is 7.92 Å². The van der Waals surface area contributed by atoms with Gasteiger partial charge in [-0.05, 0) is 23.2 Å². The van der Waals surface area contributed by atoms with E-state index >= 15 is 0 Å². The molecule has 1 aromatic carbocycles. The molecule has 0 amide bonds. The van der Waals surface area contributed by atoms with Crippen molar-refractivity contribution in [3.8, 4) is 0 Å². The summed E-state index contributed by atoms with van der Waals surface area (Å²) in [6, 6.07) is 0. The van der Waals surface area contributed by atoms with E-state index in [1.54, 1.807) is 0 Å². The summed E-state index contributed by atoms with van der Waals surface area (Å²) < 4.78 is 69.9. The van der Waals surface area contributed by atoms with Crippen LogP contribution in [-0.2, 0) is 0 Å². The average molecular weight is 368 g/mol. The van der Waals surface area contributed by atoms with E-state index in [4.69, 9.17) is 0 Å². The molecule has 0 unspecified atom stereocenters. The van der Waals surface area contributed by atoms with Crippen molar-refractivity contribution in [3.05, 3.63) is 29.1 Å². The Bertz CT molecular complexity index is 549. The Morgan fingerprint density at radius 2 is 0.917 bits per heavy atom. The van der Waals surface area contributed by atoms with Gasteiger partial charge in [-0.2, -0.15) is 0 Å². The molecule has 0 fully saturated rings. The Morgan fingerprint density at radius 1 is 0.625 bits per heavy atom. The summed E-state index contributed by atoms with van der Waals surface area (Å²) in [6.45, 7) is 11.3. The van der Waals surface area contributed by atoms with Gasteiger partial charge < -0.3 is 0 Å². The summed E-state index contributed by atoms with van der Waals surface area (Å²) >= 11 is 0. The van der Waals surface area contributed by atoms with E-state index < -0.39 is 52.6 Å². The smallest absolute Gasteiger partial charge is 0.200 e. The molecule has 6 heteroatoms. The zero-order chi connectivity index (χ0) is 18.9. The van der Waals surface area contributed by atoms with Gasteiger partial charge in [0.2, 0.25) is 5.82 Å². The Balaban J connectivity index is 3.75. The lowest BCUT2D eigenvalue weighted by atomic mass is 10.1. The minimum atomic E-state index is -2.09. The monoisotopic (exact) mass is 368 g/mol. The molecule has 0 bridgehead atoms. The van der Waals surface area contributed by atoms with E-state index in [2.05, 4.69) is 0 Å². The van der Waals surface area contributed by atoms with E-state index in [0.29, 0.717) is 12.8 Å². The summed E-state index contributed by atoms with van der Waals surface area (Å²) in [5.41, 5.74) is 0. The van der Waals surface area contributed by atoms with Gasteiger partial charge in [-0.15, -0.1) is 0 Å². The molecule has 0 radical (unpaired) electrons. The zero-order valence-corrected chi connectivity index (χ0v) is 16.1. The van der Waals surface area contributed by atoms with Gasteiger partial charge in [-0.25, -0.2) is 22.0 Å². The highest BCUT2D eigenvalue weighted by molar-refractivity contribution is 7.68. The van der Waals surface area contributed by atoms with Gasteiger partial charge in [0.25, 0.3) is 0 Å². The van der Waals surface area contributed by atoms with Crippen LogP contribution in [0, 0.1) is 29.1 Å². The van der Waals surface area contributed by atoms with Crippen LogP contribution in [0.4, 0.5) is 22.0 Å². The lowest BCUT2D eigenvalue weighted by molar-refractivity contribution is 0.383. The third kappa shape index (κ3) is 3.92. The molecule has 0 aliphatic rings. The summed E-state index contributed by atoms with van der Waals surface area (Å²) in [5.74, 6) is -9.14. The van der Waals surface area contributed by atoms with E-state index in [-0.39, 0.29) is 0 Å². The van der Waals surface area contributed by atoms with Gasteiger partial charge in [-0.1, -0.05) is 62.3 Å². The molecule has 0 atom stereocenters. The van der Waals surface area contributed by atoms with Gasteiger partial charge in [0.05, 0.1) is 5.30 Å². The Hall–Kier alpha value is -0.700. The van der Waals surface area contributed by atoms with Crippen molar-refractivity contribution in [2.24, 2.45) is 0 Å². The second-order valence-corrected chi connectivity index (χ2v) is 10.9. The quantitative estimate of drug-likeness (QED) is 0.219. The third-order valence-corrected chi connectivity index (χ3v) is 8.05. The third-order valence-electron chi connectivity index (χ3n) is 4.34. The van der Waals surface area contributed by atoms with Crippen LogP contribution in [-0.4, -0.2) is 10.3 Å². The first-order chi connectivity index (χ1) is 10.9. The average Bonchev–Trinajstić information content (AvgIpc) is 2.46. The molecule has 0 nitrogen and oxygen atoms in total. The summed E-state index contributed by atoms with van der Waals surface area (Å²) in [4.78, 5) is 0. The molecule has 24 heavy (non-hydrogen) atoms. The molecule has 0 saturated carbocycles. The van der Waals surface area contributed by atoms with E-state index in [9.17, 15) is 22.0 Å². The maximum absolute atomic E-state index is 14.5. The second kappa shape index (κ2) is 7.68. The maximum atomic E-state index is 14.5. The molecule has 1 aromatic rings. The van der Waals surface area contributed by atoms with Crippen LogP contribution in [0.25, 0.3) is 0 Å². The molecular formula is C18H26F5P. The molecule has 0 aliphatic carbocycles. The molecule has 0 aromatic heterocycles. The van der Waals surface area contributed by atoms with E-state index in [0.717, 1.165) is 12.8 Å². The molecule has 138 valence electrons. The molecule has 0 saturated heterocycles. The van der Waals surface area contributed by atoms with Gasteiger partial charge in [0.1, 0.15) is 0 Å². The molecule has 0 aliphatic heterocycles. The number of hydrogen-bond donors (Lipinski definition) is 0. The first kappa shape index (κ1) is 21.3. The molecular weight excluding hydrogens is 342 g/mol. The number of halogens is 5. The van der Waals surface area contributed by atoms with E-state index in [1.807, 2.05) is 41.5 Å². The normalized spacial score (nSPS) is 13.0. The zero-order valence-electron chi connectivity index (χ0n) is 15.2. The van der Waals surface area contributed by atoms with Crippen molar-refractivity contribution in [3.63, 3.8) is 0 Å². The van der Waals surface area contributed by atoms with Crippen LogP contribution < -0.4 is 5.30 Å². The first-order valence-corrected chi connectivity index (χ1v) is 9.58. The Labute approximate surface area is 142 Å². The molecule has 1 rings (SSSR count). The maximum Gasteiger partial charge on any atom is 0.200 e. The van der Waals surface area contributed by atoms with Gasteiger partial charge >= 0.3 is 0 Å². The van der Waals surface area contributed by atoms with Crippen molar-refractivity contribution < 1.29 is 22.0 Å². The fourth-order valence-corrected chi connectivity index (χ4v) is 7.99. The second-order valence-electron chi connectivity index (χ2n) is 7.38. The van der Waals surface area contributed by atoms with Crippen LogP contribution in [0.15, 0.2) is 0 Å². The minimum absolute atomic E-state index is 0.554. The predicted octanol–water partition coefficient (Wildman–Crippen LogP) is 6.65. The Morgan fingerprint density at radius 3 is 1.21 bits per heavy atom. The lowest BCUT2D eigenvalue weighted by Gasteiger charge is -2.46. The van der Waals surface area contributed by atoms with Gasteiger partial charge in [0, 0.05) is 0 Å². The predicted molar refractivity (Wildman–Crippen MR) is 90.8 cm³/mol. The summed E-state index contributed by atoms with van der Waals surface area (Å²) in [7, 11) is -1.64. The highest BCUT2D eigenvalue weighted by atomic mass is 31.1. The summed E-state index contributed by atoms with van der Waals surface area (Å²) in [5, 5.41) is -1.72. The van der Waals surface area contributed by atoms with Crippen LogP contribution in [0.2, 0.25) is 0 Å². The Kier molecular flexibility index (Phi) is 6.83. The van der Waals surface area contributed by atoms with Crippen molar-refractivity contribution in [1.29, 1.82) is 0 Å². The SMILES string of the molecule is CCCC(C)(C)P(c1c(F)c(F)c(F)c(F)c1F)C(C)(C)CCC.